The monoisotopic (exact) mass is 350 g/mol. The first-order valence-corrected chi connectivity index (χ1v) is 7.83. The summed E-state index contributed by atoms with van der Waals surface area (Å²) in [6.07, 6.45) is -0.301. The summed E-state index contributed by atoms with van der Waals surface area (Å²) < 4.78 is 4.70. The number of carbonyl (C=O) groups is 4. The van der Waals surface area contributed by atoms with Crippen LogP contribution in [0.3, 0.4) is 0 Å². The molecule has 0 aromatic heterocycles. The van der Waals surface area contributed by atoms with Gasteiger partial charge in [0.1, 0.15) is 12.1 Å². The molecule has 0 unspecified atom stereocenters. The van der Waals surface area contributed by atoms with E-state index in [0.29, 0.717) is 0 Å². The van der Waals surface area contributed by atoms with Crippen molar-refractivity contribution < 1.29 is 29.0 Å². The zero-order chi connectivity index (χ0) is 18.8. The molecule has 0 bridgehead atoms. The van der Waals surface area contributed by atoms with Gasteiger partial charge in [0.2, 0.25) is 11.8 Å². The standard InChI is InChI=1S/C17H22N2O6/c1-3-25-15(21)10-14(17(23)24)19-16(22)13(18-11(2)20)9-12-7-5-4-6-8-12/h4-8,13-14H,3,9-10H2,1-2H3,(H,18,20)(H,19,22)(H,23,24)/t13-,14-/m1/s1. The van der Waals surface area contributed by atoms with Gasteiger partial charge in [-0.1, -0.05) is 30.3 Å². The van der Waals surface area contributed by atoms with Crippen LogP contribution in [0.4, 0.5) is 0 Å². The number of amides is 2. The number of nitrogens with one attached hydrogen (secondary N) is 2. The third kappa shape index (κ3) is 7.47. The molecular weight excluding hydrogens is 328 g/mol. The molecule has 0 spiro atoms. The Hall–Kier alpha value is -2.90. The quantitative estimate of drug-likeness (QED) is 0.549. The van der Waals surface area contributed by atoms with E-state index < -0.39 is 42.3 Å². The van der Waals surface area contributed by atoms with E-state index >= 15 is 0 Å². The van der Waals surface area contributed by atoms with Gasteiger partial charge in [0.15, 0.2) is 0 Å². The van der Waals surface area contributed by atoms with E-state index in [4.69, 9.17) is 4.74 Å². The lowest BCUT2D eigenvalue weighted by atomic mass is 10.0. The Bertz CT molecular complexity index is 617. The largest absolute Gasteiger partial charge is 0.480 e. The van der Waals surface area contributed by atoms with Crippen molar-refractivity contribution in [3.05, 3.63) is 35.9 Å². The van der Waals surface area contributed by atoms with E-state index in [0.717, 1.165) is 5.56 Å². The highest BCUT2D eigenvalue weighted by molar-refractivity contribution is 5.91. The first-order valence-electron chi connectivity index (χ1n) is 7.83. The lowest BCUT2D eigenvalue weighted by Crippen LogP contribution is -2.52. The van der Waals surface area contributed by atoms with Crippen LogP contribution in [0.25, 0.3) is 0 Å². The smallest absolute Gasteiger partial charge is 0.326 e. The van der Waals surface area contributed by atoms with Crippen molar-refractivity contribution in [3.63, 3.8) is 0 Å². The Morgan fingerprint density at radius 1 is 1.08 bits per heavy atom. The van der Waals surface area contributed by atoms with Gasteiger partial charge in [-0.25, -0.2) is 4.79 Å². The molecule has 0 saturated carbocycles. The van der Waals surface area contributed by atoms with Gasteiger partial charge in [0.05, 0.1) is 13.0 Å². The van der Waals surface area contributed by atoms with Gasteiger partial charge in [-0.15, -0.1) is 0 Å². The van der Waals surface area contributed by atoms with E-state index in [1.54, 1.807) is 31.2 Å². The molecule has 0 fully saturated rings. The van der Waals surface area contributed by atoms with Crippen LogP contribution < -0.4 is 10.6 Å². The molecule has 2 atom stereocenters. The van der Waals surface area contributed by atoms with Crippen molar-refractivity contribution in [3.8, 4) is 0 Å². The molecule has 3 N–H and O–H groups in total. The van der Waals surface area contributed by atoms with Crippen LogP contribution in [0, 0.1) is 0 Å². The van der Waals surface area contributed by atoms with Crippen LogP contribution in [0.2, 0.25) is 0 Å². The fraction of sp³-hybridized carbons (Fsp3) is 0.412. The van der Waals surface area contributed by atoms with E-state index in [9.17, 15) is 24.3 Å². The SMILES string of the molecule is CCOC(=O)C[C@@H](NC(=O)[C@@H](Cc1ccccc1)NC(C)=O)C(=O)O. The predicted molar refractivity (Wildman–Crippen MR) is 88.6 cm³/mol. The average Bonchev–Trinajstić information content (AvgIpc) is 2.54. The van der Waals surface area contributed by atoms with Gasteiger partial charge in [-0.2, -0.15) is 0 Å². The Kier molecular flexibility index (Phi) is 8.11. The first-order chi connectivity index (χ1) is 11.8. The molecule has 8 nitrogen and oxygen atoms in total. The molecule has 1 aromatic rings. The van der Waals surface area contributed by atoms with Gasteiger partial charge in [-0.3, -0.25) is 14.4 Å². The molecule has 8 heteroatoms. The maximum atomic E-state index is 12.4. The lowest BCUT2D eigenvalue weighted by Gasteiger charge is -2.20. The maximum Gasteiger partial charge on any atom is 0.326 e. The number of benzene rings is 1. The fourth-order valence-electron chi connectivity index (χ4n) is 2.16. The molecule has 136 valence electrons. The summed E-state index contributed by atoms with van der Waals surface area (Å²) in [5.41, 5.74) is 0.800. The number of esters is 1. The number of carboxylic acids is 1. The van der Waals surface area contributed by atoms with Gasteiger partial charge < -0.3 is 20.5 Å². The third-order valence-electron chi connectivity index (χ3n) is 3.27. The molecule has 0 radical (unpaired) electrons. The van der Waals surface area contributed by atoms with Crippen molar-refractivity contribution >= 4 is 23.8 Å². The van der Waals surface area contributed by atoms with Crippen LogP contribution >= 0.6 is 0 Å². The van der Waals surface area contributed by atoms with Crippen LogP contribution in [0.15, 0.2) is 30.3 Å². The first kappa shape index (κ1) is 20.1. The van der Waals surface area contributed by atoms with Crippen molar-refractivity contribution in [1.29, 1.82) is 0 Å². The molecule has 0 heterocycles. The second-order valence-electron chi connectivity index (χ2n) is 5.35. The van der Waals surface area contributed by atoms with E-state index in [-0.39, 0.29) is 13.0 Å². The van der Waals surface area contributed by atoms with Gasteiger partial charge in [-0.05, 0) is 12.5 Å². The summed E-state index contributed by atoms with van der Waals surface area (Å²) in [7, 11) is 0. The zero-order valence-electron chi connectivity index (χ0n) is 14.2. The second-order valence-corrected chi connectivity index (χ2v) is 5.35. The minimum absolute atomic E-state index is 0.113. The van der Waals surface area contributed by atoms with Crippen LogP contribution in [0.1, 0.15) is 25.8 Å². The highest BCUT2D eigenvalue weighted by Crippen LogP contribution is 2.05. The molecular formula is C17H22N2O6. The lowest BCUT2D eigenvalue weighted by molar-refractivity contribution is -0.150. The van der Waals surface area contributed by atoms with E-state index in [1.165, 1.54) is 6.92 Å². The van der Waals surface area contributed by atoms with Gasteiger partial charge in [0.25, 0.3) is 0 Å². The minimum Gasteiger partial charge on any atom is -0.480 e. The van der Waals surface area contributed by atoms with E-state index in [2.05, 4.69) is 10.6 Å². The minimum atomic E-state index is -1.43. The van der Waals surface area contributed by atoms with Crippen molar-refractivity contribution in [2.24, 2.45) is 0 Å². The number of hydrogen-bond acceptors (Lipinski definition) is 5. The number of hydrogen-bond donors (Lipinski definition) is 3. The number of carboxylic acid groups (broad SMARTS) is 1. The summed E-state index contributed by atoms with van der Waals surface area (Å²) >= 11 is 0. The summed E-state index contributed by atoms with van der Waals surface area (Å²) in [5, 5.41) is 14.0. The van der Waals surface area contributed by atoms with Crippen molar-refractivity contribution in [1.82, 2.24) is 10.6 Å². The molecule has 1 aromatic carbocycles. The fourth-order valence-corrected chi connectivity index (χ4v) is 2.16. The predicted octanol–water partition coefficient (Wildman–Crippen LogP) is 0.256. The topological polar surface area (TPSA) is 122 Å². The second kappa shape index (κ2) is 10.1. The van der Waals surface area contributed by atoms with Crippen molar-refractivity contribution in [2.75, 3.05) is 6.61 Å². The number of carbonyl (C=O) groups excluding carboxylic acids is 3. The third-order valence-corrected chi connectivity index (χ3v) is 3.27. The summed E-state index contributed by atoms with van der Waals surface area (Å²) in [4.78, 5) is 46.5. The summed E-state index contributed by atoms with van der Waals surface area (Å²) in [6, 6.07) is 6.58. The molecule has 25 heavy (non-hydrogen) atoms. The molecule has 0 aliphatic rings. The van der Waals surface area contributed by atoms with Crippen LogP contribution in [0.5, 0.6) is 0 Å². The Balaban J connectivity index is 2.82. The Labute approximate surface area is 145 Å². The summed E-state index contributed by atoms with van der Waals surface area (Å²) in [5.74, 6) is -3.19. The summed E-state index contributed by atoms with van der Waals surface area (Å²) in [6.45, 7) is 2.97. The molecule has 0 aliphatic heterocycles. The highest BCUT2D eigenvalue weighted by atomic mass is 16.5. The molecule has 0 aliphatic carbocycles. The molecule has 2 amide bonds. The number of ether oxygens (including phenoxy) is 1. The highest BCUT2D eigenvalue weighted by Gasteiger charge is 2.28. The van der Waals surface area contributed by atoms with Crippen LogP contribution in [-0.2, 0) is 30.3 Å². The number of rotatable bonds is 9. The molecule has 0 saturated heterocycles. The van der Waals surface area contributed by atoms with Gasteiger partial charge >= 0.3 is 11.9 Å². The number of aliphatic carboxylic acids is 1. The molecule has 1 rings (SSSR count). The van der Waals surface area contributed by atoms with Crippen molar-refractivity contribution in [2.45, 2.75) is 38.8 Å². The van der Waals surface area contributed by atoms with E-state index in [1.807, 2.05) is 6.07 Å². The Morgan fingerprint density at radius 2 is 1.72 bits per heavy atom. The van der Waals surface area contributed by atoms with Gasteiger partial charge in [0, 0.05) is 13.3 Å². The normalized spacial score (nSPS) is 12.6. The van der Waals surface area contributed by atoms with Crippen LogP contribution in [-0.4, -0.2) is 47.6 Å². The Morgan fingerprint density at radius 3 is 2.24 bits per heavy atom. The average molecular weight is 350 g/mol. The zero-order valence-corrected chi connectivity index (χ0v) is 14.2. The maximum absolute atomic E-state index is 12.4.